The van der Waals surface area contributed by atoms with Crippen LogP contribution in [0, 0.1) is 0 Å². The summed E-state index contributed by atoms with van der Waals surface area (Å²) in [4.78, 5) is 21.7. The van der Waals surface area contributed by atoms with E-state index in [2.05, 4.69) is 45.5 Å². The zero-order valence-electron chi connectivity index (χ0n) is 11.9. The summed E-state index contributed by atoms with van der Waals surface area (Å²) in [6.45, 7) is 7.67. The van der Waals surface area contributed by atoms with Crippen LogP contribution in [0.1, 0.15) is 0 Å². The number of rotatable bonds is 5. The third-order valence-electron chi connectivity index (χ3n) is 2.80. The number of carbonyl (C=O) groups is 1. The molecule has 0 aliphatic carbocycles. The number of hydrogen-bond acceptors (Lipinski definition) is 5. The van der Waals surface area contributed by atoms with E-state index in [1.165, 1.54) is 4.90 Å². The number of fused-ring (bicyclic) bond motifs is 1. The van der Waals surface area contributed by atoms with E-state index in [1.54, 1.807) is 6.20 Å². The Morgan fingerprint density at radius 2 is 2.25 bits per heavy atom. The lowest BCUT2D eigenvalue weighted by atomic mass is 10.4. The highest BCUT2D eigenvalue weighted by Gasteiger charge is 2.28. The molecule has 0 spiro atoms. The molecule has 0 bridgehead atoms. The first-order valence-electron chi connectivity index (χ1n) is 6.40. The third-order valence-corrected chi connectivity index (χ3v) is 4.88. The number of halogens is 1. The summed E-state index contributed by atoms with van der Waals surface area (Å²) in [5, 5.41) is 0. The van der Waals surface area contributed by atoms with Crippen LogP contribution in [0.25, 0.3) is 0 Å². The van der Waals surface area contributed by atoms with E-state index in [1.807, 2.05) is 0 Å². The molecule has 0 unspecified atom stereocenters. The van der Waals surface area contributed by atoms with E-state index in [0.717, 1.165) is 6.04 Å². The van der Waals surface area contributed by atoms with E-state index in [4.69, 9.17) is 9.47 Å². The van der Waals surface area contributed by atoms with E-state index in [0.29, 0.717) is 22.9 Å². The first-order chi connectivity index (χ1) is 9.37. The molecule has 2 heterocycles. The minimum Gasteiger partial charge on any atom is -0.465 e. The Kier molecular flexibility index (Phi) is 4.77. The van der Waals surface area contributed by atoms with Gasteiger partial charge in [-0.25, -0.2) is 9.97 Å². The number of hydrogen-bond donors (Lipinski definition) is 0. The van der Waals surface area contributed by atoms with Crippen molar-refractivity contribution in [2.45, 2.75) is 25.7 Å². The highest BCUT2D eigenvalue weighted by atomic mass is 79.9. The largest absolute Gasteiger partial charge is 0.465 e. The second kappa shape index (κ2) is 6.19. The van der Waals surface area contributed by atoms with Crippen LogP contribution >= 0.6 is 15.9 Å². The minimum absolute atomic E-state index is 0.0271. The molecular formula is C12H18BrN3O3Si. The second-order valence-electron chi connectivity index (χ2n) is 5.78. The fraction of sp³-hybridized carbons (Fsp3) is 0.583. The lowest BCUT2D eigenvalue weighted by Crippen LogP contribution is -2.41. The Bertz CT molecular complexity index is 507. The van der Waals surface area contributed by atoms with E-state index < -0.39 is 8.07 Å². The predicted molar refractivity (Wildman–Crippen MR) is 81.7 cm³/mol. The Hall–Kier alpha value is -0.993. The number of anilines is 1. The average molecular weight is 360 g/mol. The van der Waals surface area contributed by atoms with Crippen molar-refractivity contribution in [2.75, 3.05) is 24.8 Å². The monoisotopic (exact) mass is 359 g/mol. The van der Waals surface area contributed by atoms with Crippen LogP contribution in [0.4, 0.5) is 5.82 Å². The lowest BCUT2D eigenvalue weighted by molar-refractivity contribution is -0.122. The molecule has 1 aromatic rings. The summed E-state index contributed by atoms with van der Waals surface area (Å²) < 4.78 is 11.4. The van der Waals surface area contributed by atoms with E-state index >= 15 is 0 Å². The number of nitrogens with zero attached hydrogens (tertiary/aromatic N) is 3. The zero-order valence-corrected chi connectivity index (χ0v) is 14.4. The fourth-order valence-corrected chi connectivity index (χ4v) is 2.65. The van der Waals surface area contributed by atoms with Crippen molar-refractivity contribution in [1.82, 2.24) is 9.97 Å². The standard InChI is InChI=1S/C12H18BrN3O3Si/c1-20(2,3)5-4-18-8-16-10(17)7-19-12-11(16)15-9(13)6-14-12/h6H,4-5,7-8H2,1-3H3. The van der Waals surface area contributed by atoms with Crippen molar-refractivity contribution in [1.29, 1.82) is 0 Å². The van der Waals surface area contributed by atoms with Gasteiger partial charge in [0, 0.05) is 14.7 Å². The highest BCUT2D eigenvalue weighted by molar-refractivity contribution is 9.10. The normalized spacial score (nSPS) is 15.0. The van der Waals surface area contributed by atoms with Gasteiger partial charge in [-0.3, -0.25) is 9.69 Å². The molecule has 0 radical (unpaired) electrons. The van der Waals surface area contributed by atoms with Gasteiger partial charge >= 0.3 is 0 Å². The molecule has 1 aromatic heterocycles. The molecule has 20 heavy (non-hydrogen) atoms. The van der Waals surface area contributed by atoms with Gasteiger partial charge in [-0.2, -0.15) is 0 Å². The smallest absolute Gasteiger partial charge is 0.268 e. The average Bonchev–Trinajstić information content (AvgIpc) is 2.35. The molecule has 110 valence electrons. The van der Waals surface area contributed by atoms with Crippen molar-refractivity contribution in [3.05, 3.63) is 10.8 Å². The summed E-state index contributed by atoms with van der Waals surface area (Å²) in [6, 6.07) is 1.06. The third kappa shape index (κ3) is 4.00. The maximum absolute atomic E-state index is 11.9. The van der Waals surface area contributed by atoms with Gasteiger partial charge in [0.25, 0.3) is 11.8 Å². The summed E-state index contributed by atoms with van der Waals surface area (Å²) in [7, 11) is -1.13. The minimum atomic E-state index is -1.13. The molecule has 0 saturated carbocycles. The molecule has 1 amide bonds. The maximum Gasteiger partial charge on any atom is 0.268 e. The molecule has 0 atom stereocenters. The summed E-state index contributed by atoms with van der Waals surface area (Å²) in [5.41, 5.74) is 0. The van der Waals surface area contributed by atoms with Crippen LogP contribution in [-0.2, 0) is 9.53 Å². The van der Waals surface area contributed by atoms with Gasteiger partial charge in [0.1, 0.15) is 11.3 Å². The van der Waals surface area contributed by atoms with Crippen LogP contribution in [0.3, 0.4) is 0 Å². The summed E-state index contributed by atoms with van der Waals surface area (Å²) in [6.07, 6.45) is 1.54. The second-order valence-corrected chi connectivity index (χ2v) is 12.2. The van der Waals surface area contributed by atoms with E-state index in [9.17, 15) is 4.79 Å². The van der Waals surface area contributed by atoms with Crippen LogP contribution in [-0.4, -0.2) is 43.9 Å². The number of ether oxygens (including phenoxy) is 2. The Morgan fingerprint density at radius 1 is 1.50 bits per heavy atom. The van der Waals surface area contributed by atoms with Crippen LogP contribution < -0.4 is 9.64 Å². The maximum atomic E-state index is 11.9. The fourth-order valence-electron chi connectivity index (χ4n) is 1.62. The first kappa shape index (κ1) is 15.4. The summed E-state index contributed by atoms with van der Waals surface area (Å²) >= 11 is 3.24. The summed E-state index contributed by atoms with van der Waals surface area (Å²) in [5.74, 6) is 0.600. The van der Waals surface area contributed by atoms with Gasteiger partial charge in [-0.1, -0.05) is 19.6 Å². The van der Waals surface area contributed by atoms with Gasteiger partial charge in [0.15, 0.2) is 6.61 Å². The number of aromatic nitrogens is 2. The molecule has 0 N–H and O–H groups in total. The molecule has 2 rings (SSSR count). The van der Waals surface area contributed by atoms with Gasteiger partial charge < -0.3 is 9.47 Å². The van der Waals surface area contributed by atoms with E-state index in [-0.39, 0.29) is 19.2 Å². The van der Waals surface area contributed by atoms with Crippen molar-refractivity contribution < 1.29 is 14.3 Å². The first-order valence-corrected chi connectivity index (χ1v) is 10.9. The number of carbonyl (C=O) groups excluding carboxylic acids is 1. The Labute approximate surface area is 127 Å². The molecule has 6 nitrogen and oxygen atoms in total. The molecule has 0 aromatic carbocycles. The molecule has 1 aliphatic rings. The molecule has 0 saturated heterocycles. The Morgan fingerprint density at radius 3 is 2.95 bits per heavy atom. The van der Waals surface area contributed by atoms with Gasteiger partial charge in [0.05, 0.1) is 6.20 Å². The lowest BCUT2D eigenvalue weighted by Gasteiger charge is -2.27. The predicted octanol–water partition coefficient (Wildman–Crippen LogP) is 2.28. The van der Waals surface area contributed by atoms with Crippen molar-refractivity contribution in [3.63, 3.8) is 0 Å². The Balaban J connectivity index is 2.01. The van der Waals surface area contributed by atoms with Gasteiger partial charge in [0.2, 0.25) is 5.82 Å². The highest BCUT2D eigenvalue weighted by Crippen LogP contribution is 2.28. The van der Waals surface area contributed by atoms with Crippen LogP contribution in [0.15, 0.2) is 10.8 Å². The number of amides is 1. The molecule has 8 heteroatoms. The topological polar surface area (TPSA) is 64.5 Å². The van der Waals surface area contributed by atoms with Crippen molar-refractivity contribution in [2.24, 2.45) is 0 Å². The van der Waals surface area contributed by atoms with Crippen LogP contribution in [0.5, 0.6) is 5.88 Å². The molecular weight excluding hydrogens is 342 g/mol. The van der Waals surface area contributed by atoms with Crippen molar-refractivity contribution in [3.8, 4) is 5.88 Å². The quantitative estimate of drug-likeness (QED) is 0.595. The SMILES string of the molecule is C[Si](C)(C)CCOCN1C(=O)COc2ncc(Br)nc21. The molecule has 1 aliphatic heterocycles. The van der Waals surface area contributed by atoms with Crippen molar-refractivity contribution >= 4 is 35.7 Å². The molecule has 0 fully saturated rings. The van der Waals surface area contributed by atoms with Gasteiger partial charge in [-0.05, 0) is 22.0 Å². The van der Waals surface area contributed by atoms with Crippen LogP contribution in [0.2, 0.25) is 25.7 Å². The van der Waals surface area contributed by atoms with Gasteiger partial charge in [-0.15, -0.1) is 0 Å². The zero-order chi connectivity index (χ0) is 14.8.